The lowest BCUT2D eigenvalue weighted by molar-refractivity contribution is -0.136. The van der Waals surface area contributed by atoms with Gasteiger partial charge < -0.3 is 9.84 Å². The molecule has 0 atom stereocenters. The maximum absolute atomic E-state index is 11.7. The number of aromatic nitrogens is 2. The molecule has 2 heterocycles. The number of aliphatic carboxylic acids is 1. The van der Waals surface area contributed by atoms with E-state index < -0.39 is 5.97 Å². The molecule has 0 unspecified atom stereocenters. The van der Waals surface area contributed by atoms with Crippen molar-refractivity contribution in [2.24, 2.45) is 0 Å². The van der Waals surface area contributed by atoms with E-state index in [9.17, 15) is 9.59 Å². The van der Waals surface area contributed by atoms with Gasteiger partial charge in [0.15, 0.2) is 5.13 Å². The second kappa shape index (κ2) is 9.64. The van der Waals surface area contributed by atoms with E-state index in [1.54, 1.807) is 17.0 Å². The molecule has 0 saturated heterocycles. The van der Waals surface area contributed by atoms with Crippen molar-refractivity contribution >= 4 is 51.8 Å². The Labute approximate surface area is 182 Å². The molecule has 0 aliphatic heterocycles. The van der Waals surface area contributed by atoms with E-state index in [-0.39, 0.29) is 12.3 Å². The third kappa shape index (κ3) is 5.11. The normalized spacial score (nSPS) is 11.0. The Morgan fingerprint density at radius 3 is 2.67 bits per heavy atom. The van der Waals surface area contributed by atoms with Gasteiger partial charge in [-0.2, -0.15) is 0 Å². The number of carbonyl (C=O) groups is 2. The number of methoxy groups -OCH3 is 1. The molecule has 0 bridgehead atoms. The molecule has 1 aromatic carbocycles. The molecule has 156 valence electrons. The van der Waals surface area contributed by atoms with Gasteiger partial charge in [0.05, 0.1) is 24.9 Å². The minimum atomic E-state index is -0.915. The quantitative estimate of drug-likeness (QED) is 0.553. The van der Waals surface area contributed by atoms with Crippen LogP contribution in [0, 0.1) is 0 Å². The predicted octanol–water partition coefficient (Wildman–Crippen LogP) is 4.45. The molecule has 0 saturated carbocycles. The standard InChI is InChI=1S/C21H21N3O4S2/c1-4-24(13(2)25)21-22-16(11-30-21)6-8-19-23-17(12-29-19)14-5-7-18(28-3)15(9-14)10-20(26)27/h5-9,11-12H,4,10H2,1-3H3,(H,26,27)/b8-6+. The zero-order chi connectivity index (χ0) is 21.7. The van der Waals surface area contributed by atoms with Crippen LogP contribution in [0.4, 0.5) is 5.13 Å². The summed E-state index contributed by atoms with van der Waals surface area (Å²) in [5.74, 6) is -0.405. The molecule has 30 heavy (non-hydrogen) atoms. The molecule has 7 nitrogen and oxygen atoms in total. The van der Waals surface area contributed by atoms with Gasteiger partial charge >= 0.3 is 5.97 Å². The van der Waals surface area contributed by atoms with Crippen LogP contribution in [0.3, 0.4) is 0 Å². The summed E-state index contributed by atoms with van der Waals surface area (Å²) in [5, 5.41) is 14.4. The number of amides is 1. The van der Waals surface area contributed by atoms with Crippen LogP contribution in [-0.2, 0) is 16.0 Å². The van der Waals surface area contributed by atoms with Crippen molar-refractivity contribution in [3.63, 3.8) is 0 Å². The number of rotatable bonds is 8. The summed E-state index contributed by atoms with van der Waals surface area (Å²) in [6.45, 7) is 4.02. The van der Waals surface area contributed by atoms with Crippen LogP contribution in [0.25, 0.3) is 23.4 Å². The number of hydrogen-bond donors (Lipinski definition) is 1. The largest absolute Gasteiger partial charge is 0.496 e. The molecular formula is C21H21N3O4S2. The number of nitrogens with zero attached hydrogens (tertiary/aromatic N) is 3. The summed E-state index contributed by atoms with van der Waals surface area (Å²) in [6.07, 6.45) is 3.62. The average Bonchev–Trinajstić information content (AvgIpc) is 3.36. The van der Waals surface area contributed by atoms with Crippen LogP contribution in [-0.4, -0.2) is 40.6 Å². The van der Waals surface area contributed by atoms with Crippen LogP contribution < -0.4 is 9.64 Å². The SMILES string of the molecule is CCN(C(C)=O)c1nc(/C=C/c2nc(-c3ccc(OC)c(CC(=O)O)c3)cs2)cs1. The van der Waals surface area contributed by atoms with E-state index in [4.69, 9.17) is 9.84 Å². The van der Waals surface area contributed by atoms with Crippen LogP contribution in [0.2, 0.25) is 0 Å². The lowest BCUT2D eigenvalue weighted by Crippen LogP contribution is -2.27. The summed E-state index contributed by atoms with van der Waals surface area (Å²) >= 11 is 2.90. The molecule has 2 aromatic heterocycles. The van der Waals surface area contributed by atoms with Crippen LogP contribution in [0.1, 0.15) is 30.1 Å². The Morgan fingerprint density at radius 1 is 1.20 bits per heavy atom. The van der Waals surface area contributed by atoms with Gasteiger partial charge in [-0.05, 0) is 37.3 Å². The maximum Gasteiger partial charge on any atom is 0.307 e. The molecule has 0 aliphatic rings. The number of thiazole rings is 2. The highest BCUT2D eigenvalue weighted by atomic mass is 32.1. The molecule has 3 aromatic rings. The molecule has 0 spiro atoms. The second-order valence-electron chi connectivity index (χ2n) is 6.32. The lowest BCUT2D eigenvalue weighted by Gasteiger charge is -2.14. The van der Waals surface area contributed by atoms with Crippen molar-refractivity contribution in [3.8, 4) is 17.0 Å². The van der Waals surface area contributed by atoms with Gasteiger partial charge in [0, 0.05) is 35.4 Å². The number of benzene rings is 1. The monoisotopic (exact) mass is 443 g/mol. The molecule has 0 aliphatic carbocycles. The molecule has 1 N–H and O–H groups in total. The highest BCUT2D eigenvalue weighted by Gasteiger charge is 2.13. The Morgan fingerprint density at radius 2 is 2.00 bits per heavy atom. The Bertz CT molecular complexity index is 1090. The van der Waals surface area contributed by atoms with Gasteiger partial charge in [0.25, 0.3) is 0 Å². The minimum absolute atomic E-state index is 0.0336. The molecule has 0 fully saturated rings. The van der Waals surface area contributed by atoms with Crippen LogP contribution in [0.15, 0.2) is 29.0 Å². The van der Waals surface area contributed by atoms with E-state index >= 15 is 0 Å². The number of carboxylic acid groups (broad SMARTS) is 1. The van der Waals surface area contributed by atoms with Crippen molar-refractivity contribution in [2.75, 3.05) is 18.6 Å². The minimum Gasteiger partial charge on any atom is -0.496 e. The molecule has 1 amide bonds. The van der Waals surface area contributed by atoms with Crippen molar-refractivity contribution in [3.05, 3.63) is 45.2 Å². The van der Waals surface area contributed by atoms with Gasteiger partial charge in [-0.25, -0.2) is 9.97 Å². The third-order valence-corrected chi connectivity index (χ3v) is 5.97. The number of ether oxygens (including phenoxy) is 1. The van der Waals surface area contributed by atoms with Crippen LogP contribution >= 0.6 is 22.7 Å². The second-order valence-corrected chi connectivity index (χ2v) is 8.05. The average molecular weight is 444 g/mol. The first-order valence-corrected chi connectivity index (χ1v) is 10.9. The van der Waals surface area contributed by atoms with Crippen molar-refractivity contribution in [1.29, 1.82) is 0 Å². The summed E-state index contributed by atoms with van der Waals surface area (Å²) in [7, 11) is 1.52. The van der Waals surface area contributed by atoms with E-state index in [1.807, 2.05) is 35.9 Å². The van der Waals surface area contributed by atoms with Gasteiger partial charge in [-0.15, -0.1) is 22.7 Å². The highest BCUT2D eigenvalue weighted by Crippen LogP contribution is 2.29. The fourth-order valence-corrected chi connectivity index (χ4v) is 4.48. The number of carboxylic acids is 1. The topological polar surface area (TPSA) is 92.6 Å². The van der Waals surface area contributed by atoms with E-state index in [1.165, 1.54) is 36.7 Å². The summed E-state index contributed by atoms with van der Waals surface area (Å²) in [5.41, 5.74) is 2.97. The Kier molecular flexibility index (Phi) is 6.96. The zero-order valence-corrected chi connectivity index (χ0v) is 18.4. The molecule has 9 heteroatoms. The predicted molar refractivity (Wildman–Crippen MR) is 120 cm³/mol. The summed E-state index contributed by atoms with van der Waals surface area (Å²) < 4.78 is 5.25. The fourth-order valence-electron chi connectivity index (χ4n) is 2.86. The Balaban J connectivity index is 1.78. The number of hydrogen-bond acceptors (Lipinski definition) is 7. The van der Waals surface area contributed by atoms with Crippen molar-refractivity contribution in [2.45, 2.75) is 20.3 Å². The zero-order valence-electron chi connectivity index (χ0n) is 16.8. The first-order chi connectivity index (χ1) is 14.4. The van der Waals surface area contributed by atoms with Gasteiger partial charge in [-0.3, -0.25) is 14.5 Å². The lowest BCUT2D eigenvalue weighted by atomic mass is 10.1. The number of anilines is 1. The third-order valence-electron chi connectivity index (χ3n) is 4.27. The van der Waals surface area contributed by atoms with E-state index in [0.717, 1.165) is 22.0 Å². The molecule has 3 rings (SSSR count). The fraction of sp³-hybridized carbons (Fsp3) is 0.238. The smallest absolute Gasteiger partial charge is 0.307 e. The summed E-state index contributed by atoms with van der Waals surface area (Å²) in [4.78, 5) is 33.5. The van der Waals surface area contributed by atoms with Crippen LogP contribution in [0.5, 0.6) is 5.75 Å². The number of carbonyl (C=O) groups excluding carboxylic acids is 1. The maximum atomic E-state index is 11.7. The molecule has 0 radical (unpaired) electrons. The summed E-state index contributed by atoms with van der Waals surface area (Å²) in [6, 6.07) is 5.41. The van der Waals surface area contributed by atoms with Crippen molar-refractivity contribution < 1.29 is 19.4 Å². The first kappa shape index (κ1) is 21.7. The van der Waals surface area contributed by atoms with Gasteiger partial charge in [0.1, 0.15) is 10.8 Å². The van der Waals surface area contributed by atoms with E-state index in [2.05, 4.69) is 9.97 Å². The molecular weight excluding hydrogens is 422 g/mol. The van der Waals surface area contributed by atoms with Gasteiger partial charge in [-0.1, -0.05) is 0 Å². The van der Waals surface area contributed by atoms with Crippen molar-refractivity contribution in [1.82, 2.24) is 9.97 Å². The first-order valence-electron chi connectivity index (χ1n) is 9.17. The van der Waals surface area contributed by atoms with E-state index in [0.29, 0.717) is 23.0 Å². The Hall–Kier alpha value is -3.04. The van der Waals surface area contributed by atoms with Gasteiger partial charge in [0.2, 0.25) is 5.91 Å². The highest BCUT2D eigenvalue weighted by molar-refractivity contribution is 7.14.